The number of amides is 1. The molecule has 0 saturated heterocycles. The predicted molar refractivity (Wildman–Crippen MR) is 116 cm³/mol. The summed E-state index contributed by atoms with van der Waals surface area (Å²) >= 11 is 0. The number of nitrogens with one attached hydrogen (secondary N) is 1. The van der Waals surface area contributed by atoms with Crippen LogP contribution in [-0.2, 0) is 4.74 Å². The second-order valence-electron chi connectivity index (χ2n) is 8.41. The lowest BCUT2D eigenvalue weighted by Crippen LogP contribution is -2.45. The SMILES string of the molecule is C=C(CC(NC(=O)OC(C)(C)C)c1ccccc1)[Si](C)(C)c1ccccc1. The summed E-state index contributed by atoms with van der Waals surface area (Å²) in [4.78, 5) is 12.4. The molecule has 0 bridgehead atoms. The molecule has 0 aliphatic heterocycles. The van der Waals surface area contributed by atoms with Gasteiger partial charge in [-0.1, -0.05) is 84.1 Å². The lowest BCUT2D eigenvalue weighted by atomic mass is 10.0. The van der Waals surface area contributed by atoms with Crippen LogP contribution in [0.15, 0.2) is 72.4 Å². The molecule has 0 fully saturated rings. The van der Waals surface area contributed by atoms with E-state index in [0.717, 1.165) is 5.56 Å². The van der Waals surface area contributed by atoms with E-state index in [-0.39, 0.29) is 6.04 Å². The van der Waals surface area contributed by atoms with Gasteiger partial charge in [0.15, 0.2) is 0 Å². The van der Waals surface area contributed by atoms with Crippen LogP contribution in [0, 0.1) is 0 Å². The zero-order chi connectivity index (χ0) is 20.1. The van der Waals surface area contributed by atoms with Crippen LogP contribution >= 0.6 is 0 Å². The Bertz CT molecular complexity index is 764. The van der Waals surface area contributed by atoms with E-state index in [1.807, 2.05) is 57.2 Å². The van der Waals surface area contributed by atoms with Crippen LogP contribution in [0.3, 0.4) is 0 Å². The average Bonchev–Trinajstić information content (AvgIpc) is 2.61. The first kappa shape index (κ1) is 21.0. The largest absolute Gasteiger partial charge is 0.444 e. The maximum Gasteiger partial charge on any atom is 0.408 e. The lowest BCUT2D eigenvalue weighted by Gasteiger charge is -2.30. The predicted octanol–water partition coefficient (Wildman–Crippen LogP) is 5.35. The van der Waals surface area contributed by atoms with Crippen LogP contribution in [0.1, 0.15) is 38.8 Å². The lowest BCUT2D eigenvalue weighted by molar-refractivity contribution is 0.0503. The Kier molecular flexibility index (Phi) is 6.66. The minimum atomic E-state index is -1.86. The maximum absolute atomic E-state index is 12.4. The van der Waals surface area contributed by atoms with Crippen molar-refractivity contribution >= 4 is 19.4 Å². The fraction of sp³-hybridized carbons (Fsp3) is 0.348. The molecule has 2 rings (SSSR count). The molecule has 3 nitrogen and oxygen atoms in total. The summed E-state index contributed by atoms with van der Waals surface area (Å²) in [7, 11) is -1.86. The number of benzene rings is 2. The molecule has 0 aliphatic rings. The van der Waals surface area contributed by atoms with Crippen molar-refractivity contribution < 1.29 is 9.53 Å². The minimum Gasteiger partial charge on any atom is -0.444 e. The number of hydrogen-bond donors (Lipinski definition) is 1. The van der Waals surface area contributed by atoms with Gasteiger partial charge in [-0.25, -0.2) is 4.79 Å². The highest BCUT2D eigenvalue weighted by molar-refractivity contribution is 6.95. The molecule has 0 heterocycles. The molecule has 2 aromatic carbocycles. The van der Waals surface area contributed by atoms with Crippen LogP contribution < -0.4 is 10.5 Å². The Hall–Kier alpha value is -2.33. The number of ether oxygens (including phenoxy) is 1. The molecule has 1 N–H and O–H groups in total. The molecule has 27 heavy (non-hydrogen) atoms. The van der Waals surface area contributed by atoms with Crippen LogP contribution in [0.25, 0.3) is 0 Å². The topological polar surface area (TPSA) is 38.3 Å². The van der Waals surface area contributed by atoms with E-state index < -0.39 is 19.8 Å². The van der Waals surface area contributed by atoms with Gasteiger partial charge in [0.25, 0.3) is 0 Å². The summed E-state index contributed by atoms with van der Waals surface area (Å²) in [5.41, 5.74) is 0.530. The van der Waals surface area contributed by atoms with Crippen molar-refractivity contribution in [3.63, 3.8) is 0 Å². The average molecular weight is 382 g/mol. The van der Waals surface area contributed by atoms with Gasteiger partial charge in [0.2, 0.25) is 0 Å². The third-order valence-electron chi connectivity index (χ3n) is 4.72. The highest BCUT2D eigenvalue weighted by atomic mass is 28.3. The summed E-state index contributed by atoms with van der Waals surface area (Å²) in [5, 5.41) is 5.58. The number of rotatable bonds is 6. The van der Waals surface area contributed by atoms with E-state index in [4.69, 9.17) is 4.74 Å². The van der Waals surface area contributed by atoms with Gasteiger partial charge in [0, 0.05) is 0 Å². The Morgan fingerprint density at radius 3 is 2.07 bits per heavy atom. The first-order chi connectivity index (χ1) is 12.6. The minimum absolute atomic E-state index is 0.163. The van der Waals surface area contributed by atoms with Crippen molar-refractivity contribution in [2.75, 3.05) is 0 Å². The summed E-state index contributed by atoms with van der Waals surface area (Å²) in [6.45, 7) is 14.6. The fourth-order valence-electron chi connectivity index (χ4n) is 2.95. The molecule has 0 aliphatic carbocycles. The van der Waals surface area contributed by atoms with Crippen LogP contribution in [0.4, 0.5) is 4.79 Å². The summed E-state index contributed by atoms with van der Waals surface area (Å²) in [5.74, 6) is 0. The molecular formula is C23H31NO2Si. The molecule has 0 saturated carbocycles. The normalized spacial score (nSPS) is 12.9. The van der Waals surface area contributed by atoms with Crippen LogP contribution in [0.5, 0.6) is 0 Å². The van der Waals surface area contributed by atoms with Crippen molar-refractivity contribution in [1.82, 2.24) is 5.32 Å². The highest BCUT2D eigenvalue weighted by Gasteiger charge is 2.30. The van der Waals surface area contributed by atoms with Crippen LogP contribution in [-0.4, -0.2) is 19.8 Å². The van der Waals surface area contributed by atoms with E-state index in [1.54, 1.807) is 0 Å². The quantitative estimate of drug-likeness (QED) is 0.685. The number of hydrogen-bond acceptors (Lipinski definition) is 2. The van der Waals surface area contributed by atoms with Gasteiger partial charge in [0.05, 0.1) is 6.04 Å². The van der Waals surface area contributed by atoms with E-state index in [2.05, 4.69) is 49.3 Å². The molecule has 4 heteroatoms. The monoisotopic (exact) mass is 381 g/mol. The second kappa shape index (κ2) is 8.57. The molecule has 0 radical (unpaired) electrons. The fourth-order valence-corrected chi connectivity index (χ4v) is 5.10. The summed E-state index contributed by atoms with van der Waals surface area (Å²) < 4.78 is 5.47. The molecule has 0 aromatic heterocycles. The second-order valence-corrected chi connectivity index (χ2v) is 12.9. The van der Waals surface area contributed by atoms with Crippen molar-refractivity contribution in [2.45, 2.75) is 51.9 Å². The molecule has 144 valence electrons. The van der Waals surface area contributed by atoms with E-state index in [1.165, 1.54) is 10.4 Å². The van der Waals surface area contributed by atoms with Gasteiger partial charge in [-0.2, -0.15) is 0 Å². The van der Waals surface area contributed by atoms with Gasteiger partial charge >= 0.3 is 6.09 Å². The summed E-state index contributed by atoms with van der Waals surface area (Å²) in [6, 6.07) is 20.4. The van der Waals surface area contributed by atoms with Crippen molar-refractivity contribution in [1.29, 1.82) is 0 Å². The van der Waals surface area contributed by atoms with Crippen molar-refractivity contribution in [3.05, 3.63) is 78.0 Å². The third kappa shape index (κ3) is 6.10. The van der Waals surface area contributed by atoms with Crippen molar-refractivity contribution in [3.8, 4) is 0 Å². The first-order valence-electron chi connectivity index (χ1n) is 9.38. The molecule has 1 unspecified atom stereocenters. The number of carbonyl (C=O) groups is 1. The number of carbonyl (C=O) groups excluding carboxylic acids is 1. The highest BCUT2D eigenvalue weighted by Crippen LogP contribution is 2.26. The van der Waals surface area contributed by atoms with Gasteiger partial charge in [-0.3, -0.25) is 0 Å². The standard InChI is InChI=1S/C23H31NO2Si/c1-18(27(5,6)20-15-11-8-12-16-20)17-21(19-13-9-7-10-14-19)24-22(25)26-23(2,3)4/h7-16,21H,1,17H2,2-6H3,(H,24,25). The van der Waals surface area contributed by atoms with Crippen molar-refractivity contribution in [2.24, 2.45) is 0 Å². The zero-order valence-electron chi connectivity index (χ0n) is 17.1. The first-order valence-corrected chi connectivity index (χ1v) is 12.4. The Morgan fingerprint density at radius 2 is 1.56 bits per heavy atom. The van der Waals surface area contributed by atoms with Gasteiger partial charge in [0.1, 0.15) is 13.7 Å². The van der Waals surface area contributed by atoms with Gasteiger partial charge in [-0.05, 0) is 32.8 Å². The third-order valence-corrected chi connectivity index (χ3v) is 8.47. The van der Waals surface area contributed by atoms with E-state index in [0.29, 0.717) is 6.42 Å². The molecule has 0 spiro atoms. The van der Waals surface area contributed by atoms with Crippen LogP contribution in [0.2, 0.25) is 13.1 Å². The Balaban J connectivity index is 2.21. The Morgan fingerprint density at radius 1 is 1.04 bits per heavy atom. The summed E-state index contributed by atoms with van der Waals surface area (Å²) in [6.07, 6.45) is 0.292. The number of alkyl carbamates (subject to hydrolysis) is 1. The smallest absolute Gasteiger partial charge is 0.408 e. The molecule has 2 aromatic rings. The maximum atomic E-state index is 12.4. The Labute approximate surface area is 164 Å². The molecule has 1 amide bonds. The molecule has 1 atom stereocenters. The zero-order valence-corrected chi connectivity index (χ0v) is 18.1. The molecular weight excluding hydrogens is 350 g/mol. The van der Waals surface area contributed by atoms with Gasteiger partial charge in [-0.15, -0.1) is 6.58 Å². The van der Waals surface area contributed by atoms with E-state index >= 15 is 0 Å². The van der Waals surface area contributed by atoms with Gasteiger partial charge < -0.3 is 10.1 Å². The van der Waals surface area contributed by atoms with E-state index in [9.17, 15) is 4.79 Å².